The van der Waals surface area contributed by atoms with Crippen LogP contribution in [0.25, 0.3) is 10.2 Å². The smallest absolute Gasteiger partial charge is 0.150 e. The summed E-state index contributed by atoms with van der Waals surface area (Å²) in [7, 11) is 0. The van der Waals surface area contributed by atoms with E-state index in [1.54, 1.807) is 17.7 Å². The molecule has 1 unspecified atom stereocenters. The molecule has 1 fully saturated rings. The number of aromatic nitrogens is 2. The first-order chi connectivity index (χ1) is 8.40. The summed E-state index contributed by atoms with van der Waals surface area (Å²) in [6.07, 6.45) is 1.64. The predicted octanol–water partition coefficient (Wildman–Crippen LogP) is 2.29. The van der Waals surface area contributed by atoms with E-state index in [2.05, 4.69) is 36.2 Å². The van der Waals surface area contributed by atoms with Crippen molar-refractivity contribution in [2.24, 2.45) is 0 Å². The zero-order chi connectivity index (χ0) is 11.7. The third-order valence-electron chi connectivity index (χ3n) is 2.90. The number of morpholine rings is 1. The molecule has 3 rings (SSSR count). The van der Waals surface area contributed by atoms with E-state index in [0.717, 1.165) is 36.4 Å². The Bertz CT molecular complexity index is 518. The van der Waals surface area contributed by atoms with Gasteiger partial charge in [-0.2, -0.15) is 0 Å². The van der Waals surface area contributed by atoms with Gasteiger partial charge >= 0.3 is 0 Å². The van der Waals surface area contributed by atoms with Crippen molar-refractivity contribution in [2.75, 3.05) is 30.0 Å². The van der Waals surface area contributed by atoms with Crippen molar-refractivity contribution in [2.45, 2.75) is 6.04 Å². The van der Waals surface area contributed by atoms with E-state index in [1.807, 2.05) is 6.07 Å². The van der Waals surface area contributed by atoms with Crippen LogP contribution >= 0.6 is 27.3 Å². The first-order valence-corrected chi connectivity index (χ1v) is 7.49. The molecule has 1 saturated heterocycles. The molecule has 3 heterocycles. The van der Waals surface area contributed by atoms with Crippen LogP contribution in [0.2, 0.25) is 0 Å². The number of anilines is 1. The molecule has 0 amide bonds. The van der Waals surface area contributed by atoms with E-state index in [4.69, 9.17) is 4.74 Å². The summed E-state index contributed by atoms with van der Waals surface area (Å²) in [6, 6.07) is 2.39. The highest BCUT2D eigenvalue weighted by Crippen LogP contribution is 2.30. The third-order valence-corrected chi connectivity index (χ3v) is 4.55. The Morgan fingerprint density at radius 3 is 3.35 bits per heavy atom. The van der Waals surface area contributed by atoms with Crippen molar-refractivity contribution < 1.29 is 4.74 Å². The Morgan fingerprint density at radius 1 is 1.53 bits per heavy atom. The van der Waals surface area contributed by atoms with E-state index in [0.29, 0.717) is 6.04 Å². The van der Waals surface area contributed by atoms with Gasteiger partial charge in [0.1, 0.15) is 12.1 Å². The van der Waals surface area contributed by atoms with Gasteiger partial charge in [-0.25, -0.2) is 9.97 Å². The summed E-state index contributed by atoms with van der Waals surface area (Å²) in [6.45, 7) is 2.41. The Morgan fingerprint density at radius 2 is 2.47 bits per heavy atom. The topological polar surface area (TPSA) is 38.2 Å². The number of halogens is 1. The molecule has 0 aromatic carbocycles. The first-order valence-electron chi connectivity index (χ1n) is 5.48. The molecule has 0 spiro atoms. The molecule has 0 radical (unpaired) electrons. The number of hydrogen-bond acceptors (Lipinski definition) is 5. The standard InChI is InChI=1S/C11H12BrN3OS/c12-5-8-6-16-3-2-15(8)11-10-9(1-4-17-10)13-7-14-11/h1,4,7-8H,2-3,5-6H2. The molecule has 0 bridgehead atoms. The van der Waals surface area contributed by atoms with Crippen LogP contribution in [0, 0.1) is 0 Å². The largest absolute Gasteiger partial charge is 0.377 e. The summed E-state index contributed by atoms with van der Waals surface area (Å²) in [5.74, 6) is 1.04. The van der Waals surface area contributed by atoms with Crippen molar-refractivity contribution in [3.8, 4) is 0 Å². The number of nitrogens with zero attached hydrogens (tertiary/aromatic N) is 3. The lowest BCUT2D eigenvalue weighted by molar-refractivity contribution is 0.100. The molecule has 2 aromatic heterocycles. The lowest BCUT2D eigenvalue weighted by Crippen LogP contribution is -2.47. The fraction of sp³-hybridized carbons (Fsp3) is 0.455. The van der Waals surface area contributed by atoms with E-state index in [9.17, 15) is 0 Å². The van der Waals surface area contributed by atoms with Crippen molar-refractivity contribution in [1.82, 2.24) is 9.97 Å². The summed E-state index contributed by atoms with van der Waals surface area (Å²) < 4.78 is 6.67. The molecular weight excluding hydrogens is 302 g/mol. The van der Waals surface area contributed by atoms with Crippen LogP contribution in [0.5, 0.6) is 0 Å². The van der Waals surface area contributed by atoms with Gasteiger partial charge in [-0.15, -0.1) is 11.3 Å². The van der Waals surface area contributed by atoms with Gasteiger partial charge in [-0.1, -0.05) is 15.9 Å². The number of hydrogen-bond donors (Lipinski definition) is 0. The van der Waals surface area contributed by atoms with E-state index in [1.165, 1.54) is 4.70 Å². The highest BCUT2D eigenvalue weighted by atomic mass is 79.9. The van der Waals surface area contributed by atoms with Crippen LogP contribution < -0.4 is 4.90 Å². The van der Waals surface area contributed by atoms with Gasteiger partial charge in [0.05, 0.1) is 29.5 Å². The van der Waals surface area contributed by atoms with Gasteiger partial charge in [-0.3, -0.25) is 0 Å². The number of fused-ring (bicyclic) bond motifs is 1. The van der Waals surface area contributed by atoms with Crippen LogP contribution in [0.4, 0.5) is 5.82 Å². The summed E-state index contributed by atoms with van der Waals surface area (Å²) in [5, 5.41) is 2.95. The SMILES string of the molecule is BrCC1COCCN1c1ncnc2ccsc12. The zero-order valence-electron chi connectivity index (χ0n) is 9.17. The predicted molar refractivity (Wildman–Crippen MR) is 73.2 cm³/mol. The number of ether oxygens (including phenoxy) is 1. The molecule has 0 N–H and O–H groups in total. The molecule has 2 aromatic rings. The molecule has 4 nitrogen and oxygen atoms in total. The quantitative estimate of drug-likeness (QED) is 0.797. The normalized spacial score (nSPS) is 21.0. The van der Waals surface area contributed by atoms with Crippen molar-refractivity contribution >= 4 is 43.3 Å². The molecule has 0 aliphatic carbocycles. The van der Waals surface area contributed by atoms with Gasteiger partial charge < -0.3 is 9.64 Å². The molecule has 1 atom stereocenters. The fourth-order valence-corrected chi connectivity index (χ4v) is 3.43. The third kappa shape index (κ3) is 2.05. The minimum absolute atomic E-state index is 0.351. The lowest BCUT2D eigenvalue weighted by atomic mass is 10.2. The second kappa shape index (κ2) is 4.88. The maximum absolute atomic E-state index is 5.51. The Hall–Kier alpha value is -0.720. The molecule has 17 heavy (non-hydrogen) atoms. The second-order valence-electron chi connectivity index (χ2n) is 3.91. The summed E-state index contributed by atoms with van der Waals surface area (Å²) in [5.41, 5.74) is 1.03. The summed E-state index contributed by atoms with van der Waals surface area (Å²) in [4.78, 5) is 11.0. The van der Waals surface area contributed by atoms with Crippen LogP contribution in [-0.4, -0.2) is 41.1 Å². The highest BCUT2D eigenvalue weighted by Gasteiger charge is 2.25. The minimum Gasteiger partial charge on any atom is -0.377 e. The van der Waals surface area contributed by atoms with Crippen LogP contribution in [-0.2, 0) is 4.74 Å². The fourth-order valence-electron chi connectivity index (χ4n) is 2.04. The number of thiophene rings is 1. The Kier molecular flexibility index (Phi) is 3.26. The number of rotatable bonds is 2. The van der Waals surface area contributed by atoms with Crippen molar-refractivity contribution in [1.29, 1.82) is 0 Å². The molecule has 90 valence electrons. The number of alkyl halides is 1. The minimum atomic E-state index is 0.351. The van der Waals surface area contributed by atoms with Crippen molar-refractivity contribution in [3.05, 3.63) is 17.8 Å². The average Bonchev–Trinajstić information content (AvgIpc) is 2.86. The highest BCUT2D eigenvalue weighted by molar-refractivity contribution is 9.09. The Balaban J connectivity index is 2.04. The van der Waals surface area contributed by atoms with Gasteiger partial charge in [0.15, 0.2) is 0 Å². The van der Waals surface area contributed by atoms with Crippen LogP contribution in [0.1, 0.15) is 0 Å². The van der Waals surface area contributed by atoms with Gasteiger partial charge in [0.25, 0.3) is 0 Å². The molecule has 1 aliphatic rings. The Labute approximate surface area is 112 Å². The zero-order valence-corrected chi connectivity index (χ0v) is 11.6. The van der Waals surface area contributed by atoms with Gasteiger partial charge in [0.2, 0.25) is 0 Å². The monoisotopic (exact) mass is 313 g/mol. The van der Waals surface area contributed by atoms with Gasteiger partial charge in [0, 0.05) is 11.9 Å². The second-order valence-corrected chi connectivity index (χ2v) is 5.47. The van der Waals surface area contributed by atoms with Gasteiger partial charge in [-0.05, 0) is 11.4 Å². The molecule has 1 aliphatic heterocycles. The van der Waals surface area contributed by atoms with E-state index < -0.39 is 0 Å². The van der Waals surface area contributed by atoms with Crippen molar-refractivity contribution in [3.63, 3.8) is 0 Å². The van der Waals surface area contributed by atoms with Crippen LogP contribution in [0.15, 0.2) is 17.8 Å². The van der Waals surface area contributed by atoms with Crippen LogP contribution in [0.3, 0.4) is 0 Å². The molecular formula is C11H12BrN3OS. The van der Waals surface area contributed by atoms with E-state index >= 15 is 0 Å². The lowest BCUT2D eigenvalue weighted by Gasteiger charge is -2.35. The maximum atomic E-state index is 5.51. The first kappa shape index (κ1) is 11.4. The summed E-state index contributed by atoms with van der Waals surface area (Å²) >= 11 is 5.24. The molecule has 6 heteroatoms. The van der Waals surface area contributed by atoms with E-state index in [-0.39, 0.29) is 0 Å². The average molecular weight is 314 g/mol. The molecule has 0 saturated carbocycles. The maximum Gasteiger partial charge on any atom is 0.150 e.